The lowest BCUT2D eigenvalue weighted by Crippen LogP contribution is -2.45. The lowest BCUT2D eigenvalue weighted by molar-refractivity contribution is -0.138. The van der Waals surface area contributed by atoms with Crippen LogP contribution in [0.25, 0.3) is 22.5 Å². The number of halogens is 15. The van der Waals surface area contributed by atoms with Crippen LogP contribution in [0.5, 0.6) is 0 Å². The number of carboxylic acid groups (broad SMARTS) is 1. The molecule has 8 aromatic rings. The van der Waals surface area contributed by atoms with Gasteiger partial charge in [-0.3, -0.25) is 24.7 Å². The summed E-state index contributed by atoms with van der Waals surface area (Å²) in [4.78, 5) is 55.7. The molecule has 7 heterocycles. The van der Waals surface area contributed by atoms with E-state index < -0.39 is 86.6 Å². The van der Waals surface area contributed by atoms with Gasteiger partial charge in [-0.05, 0) is 230 Å². The number of nitriles is 4. The molecule has 3 saturated heterocycles. The third kappa shape index (κ3) is 32.8. The third-order valence-electron chi connectivity index (χ3n) is 19.5. The van der Waals surface area contributed by atoms with E-state index >= 15 is 0 Å². The Morgan fingerprint density at radius 3 is 1.19 bits per heavy atom. The molecule has 4 aromatic heterocycles. The molecule has 4 aromatic carbocycles. The molecule has 1 aliphatic carbocycles. The molecule has 16 nitrogen and oxygen atoms in total. The fourth-order valence-electron chi connectivity index (χ4n) is 13.0. The number of aromatic nitrogens is 4. The number of amides is 2. The van der Waals surface area contributed by atoms with Crippen LogP contribution in [0.1, 0.15) is 201 Å². The highest BCUT2D eigenvalue weighted by Crippen LogP contribution is 2.41. The predicted octanol–water partition coefficient (Wildman–Crippen LogP) is 24.7. The maximum atomic E-state index is 14.4. The van der Waals surface area contributed by atoms with Crippen LogP contribution >= 0.6 is 28.3 Å². The number of nitrogens with one attached hydrogen (secondary N) is 1. The van der Waals surface area contributed by atoms with E-state index in [1.807, 2.05) is 13.0 Å². The number of hydrogen-bond acceptors (Lipinski definition) is 13. The molecule has 2 amide bonds. The monoisotopic (exact) mass is 1780 g/mol. The smallest absolute Gasteiger partial charge is 0.416 e. The third-order valence-corrected chi connectivity index (χ3v) is 20.1. The van der Waals surface area contributed by atoms with Crippen LogP contribution in [0, 0.1) is 97.7 Å². The Hall–Kier alpha value is -10.5. The summed E-state index contributed by atoms with van der Waals surface area (Å²) in [6, 6.07) is 34.9. The number of nitrogens with zero attached hydrogens (tertiary/aromatic N) is 10. The summed E-state index contributed by atoms with van der Waals surface area (Å²) in [6.45, 7) is 9.52. The van der Waals surface area contributed by atoms with Crippen LogP contribution in [0.4, 0.5) is 61.9 Å². The fraction of sp³-hybridized carbons (Fsp3) is 0.433. The molecule has 0 atom stereocenters. The first-order valence-corrected chi connectivity index (χ1v) is 37.5. The molecule has 1 saturated carbocycles. The van der Waals surface area contributed by atoms with Gasteiger partial charge >= 0.3 is 30.6 Å². The van der Waals surface area contributed by atoms with Crippen LogP contribution < -0.4 is 5.32 Å². The first-order chi connectivity index (χ1) is 53.9. The summed E-state index contributed by atoms with van der Waals surface area (Å²) >= 11 is 3.19. The quantitative estimate of drug-likeness (QED) is 0.0903. The van der Waals surface area contributed by atoms with Crippen molar-refractivity contribution in [2.24, 2.45) is 22.2 Å². The van der Waals surface area contributed by atoms with Crippen LogP contribution in [0.15, 0.2) is 159 Å². The van der Waals surface area contributed by atoms with Gasteiger partial charge in [-0.1, -0.05) is 110 Å². The number of piperidine rings is 3. The Kier molecular flexibility index (Phi) is 45.7. The maximum Gasteiger partial charge on any atom is 0.416 e. The molecule has 31 heteroatoms. The topological polar surface area (TPSA) is 246 Å². The van der Waals surface area contributed by atoms with Crippen molar-refractivity contribution in [3.8, 4) is 46.8 Å². The van der Waals surface area contributed by atoms with Gasteiger partial charge in [0.1, 0.15) is 28.9 Å². The average molecular weight is 1790 g/mol. The minimum atomic E-state index is -4.64. The molecule has 0 spiro atoms. The number of likely N-dealkylation sites (tertiary alicyclic amines) is 2. The van der Waals surface area contributed by atoms with Gasteiger partial charge in [0.05, 0.1) is 79.7 Å². The summed E-state index contributed by atoms with van der Waals surface area (Å²) in [5.41, 5.74) is -1.28. The van der Waals surface area contributed by atoms with Crippen molar-refractivity contribution < 1.29 is 81.3 Å². The number of pyridine rings is 4. The Morgan fingerprint density at radius 2 is 0.860 bits per heavy atom. The molecule has 4 fully saturated rings. The van der Waals surface area contributed by atoms with E-state index in [1.165, 1.54) is 36.3 Å². The first-order valence-electron chi connectivity index (χ1n) is 36.3. The van der Waals surface area contributed by atoms with Crippen LogP contribution in [0.2, 0.25) is 0 Å². The van der Waals surface area contributed by atoms with Crippen molar-refractivity contribution in [3.05, 3.63) is 237 Å². The lowest BCUT2D eigenvalue weighted by Gasteiger charge is -2.38. The fourth-order valence-corrected chi connectivity index (χ4v) is 13.4. The minimum Gasteiger partial charge on any atom is -0.478 e. The molecule has 658 valence electrons. The summed E-state index contributed by atoms with van der Waals surface area (Å²) in [5.74, 6) is -3.80. The number of carbonyl (C=O) groups is 3. The van der Waals surface area contributed by atoms with Gasteiger partial charge in [0, 0.05) is 85.7 Å². The summed E-state index contributed by atoms with van der Waals surface area (Å²) < 4.78 is 174. The summed E-state index contributed by atoms with van der Waals surface area (Å²) in [7, 11) is 0. The van der Waals surface area contributed by atoms with E-state index in [-0.39, 0.29) is 149 Å². The SMILES string of the molecule is C.C.C.C.C.C.CC(C)(C)OC(=O)N1CCC(C#N)(Cc2ccc(C(F)(F)F)cc2F)CC1.Cc1ccc(CBr)c(F)c1.Cl.N#CC1(Cc2ccc(C(F)(F)F)cc2F)CCN(C(=O)c2cccnc2-c2ccncc2)CC1.N#CC1(Cc2ccc(C(F)(F)F)cc2F)CCNCC1.N#CC1CCCCC1.O=C(O)c1cccnc1-c1ccncc1. The second-order valence-electron chi connectivity index (χ2n) is 28.9. The first kappa shape index (κ1) is 110. The number of ether oxygens (including phenoxy) is 1. The van der Waals surface area contributed by atoms with Gasteiger partial charge in [0.25, 0.3) is 5.91 Å². The zero-order valence-corrected chi connectivity index (χ0v) is 65.6. The van der Waals surface area contributed by atoms with E-state index in [2.05, 4.69) is 65.5 Å². The van der Waals surface area contributed by atoms with Gasteiger partial charge in [-0.15, -0.1) is 12.4 Å². The number of rotatable bonds is 11. The van der Waals surface area contributed by atoms with Crippen molar-refractivity contribution in [2.45, 2.75) is 192 Å². The van der Waals surface area contributed by atoms with E-state index in [0.29, 0.717) is 90.7 Å². The van der Waals surface area contributed by atoms with E-state index in [9.17, 15) is 87.2 Å². The van der Waals surface area contributed by atoms with Crippen LogP contribution in [0.3, 0.4) is 0 Å². The minimum absolute atomic E-state index is 0. The summed E-state index contributed by atoms with van der Waals surface area (Å²) in [6.07, 6.45) is 3.93. The predicted molar refractivity (Wildman–Crippen MR) is 449 cm³/mol. The lowest BCUT2D eigenvalue weighted by atomic mass is 9.74. The van der Waals surface area contributed by atoms with Gasteiger partial charge < -0.3 is 25.0 Å². The van der Waals surface area contributed by atoms with Gasteiger partial charge in [-0.25, -0.2) is 27.2 Å². The number of aryl methyl sites for hydroxylation is 1. The van der Waals surface area contributed by atoms with Crippen molar-refractivity contribution in [1.29, 1.82) is 21.0 Å². The molecular formula is C90H108BrClF13N11O5. The highest BCUT2D eigenvalue weighted by molar-refractivity contribution is 9.08. The highest BCUT2D eigenvalue weighted by atomic mass is 79.9. The van der Waals surface area contributed by atoms with E-state index in [4.69, 9.17) is 15.1 Å². The van der Waals surface area contributed by atoms with Crippen molar-refractivity contribution in [1.82, 2.24) is 35.1 Å². The van der Waals surface area contributed by atoms with Crippen molar-refractivity contribution >= 4 is 46.3 Å². The molecule has 4 aliphatic rings. The molecule has 121 heavy (non-hydrogen) atoms. The van der Waals surface area contributed by atoms with Crippen LogP contribution in [-0.4, -0.2) is 97.7 Å². The molecule has 0 bridgehead atoms. The summed E-state index contributed by atoms with van der Waals surface area (Å²) in [5, 5.41) is 49.8. The molecule has 2 N–H and O–H groups in total. The van der Waals surface area contributed by atoms with Crippen LogP contribution in [-0.2, 0) is 47.9 Å². The maximum absolute atomic E-state index is 14.4. The number of alkyl halides is 10. The van der Waals surface area contributed by atoms with Crippen molar-refractivity contribution in [2.75, 3.05) is 39.3 Å². The van der Waals surface area contributed by atoms with Gasteiger partial charge in [0.2, 0.25) is 0 Å². The zero-order valence-electron chi connectivity index (χ0n) is 63.2. The Morgan fingerprint density at radius 1 is 0.504 bits per heavy atom. The number of aromatic carboxylic acids is 1. The Balaban J connectivity index is 0.00000149. The molecule has 0 unspecified atom stereocenters. The van der Waals surface area contributed by atoms with E-state index in [0.717, 1.165) is 65.9 Å². The number of hydrogen-bond donors (Lipinski definition) is 2. The van der Waals surface area contributed by atoms with E-state index in [1.54, 1.807) is 111 Å². The highest BCUT2D eigenvalue weighted by Gasteiger charge is 2.42. The molecule has 12 rings (SSSR count). The average Bonchev–Trinajstić information content (AvgIpc) is 0.800. The Bertz CT molecular complexity index is 4730. The second kappa shape index (κ2) is 50.0. The standard InChI is InChI=1S/C25H20F4N4O.C19H22F4N2O2.C14H14F4N2.C11H8N2O2.C8H8BrF.C7H11N.6CH4.ClH/c26-21-14-19(25(27,28)29)4-3-18(21)15-24(16-30)7-12-33(13-8-24)23(34)20-2-1-9-32-22(20)17-5-10-31-11-6-17;1-17(2,3)27-16(26)25-8-6-18(12-24,7-9-25)11-13-4-5-14(10-15(13)20)19(21,22)23;15-12-7-11(14(16,17)18)2-1-10(12)8-13(9-19)3-5-20-6-4-13;14-11(15)9-2-1-5-13-10(9)8-3-6-12-7-4-8;1-6-2-3-7(5-9)8(10)4-6;8-6-7-4-2-1-3-5-7;;;;;;;/h1-6,9-11,14H,7-8,12-13,15H2;4-5,10H,6-9,11H2,1-3H3;1-2,7,20H,3-6,8H2;1-7H,(H,14,15);2-4H,5H2,1H3;7H,1-5H2;6*1H4;1H. The zero-order chi connectivity index (χ0) is 83.7. The van der Waals surface area contributed by atoms with Gasteiger partial charge in [0.15, 0.2) is 0 Å². The number of carbonyl (C=O) groups excluding carboxylic acids is 2. The molecule has 0 radical (unpaired) electrons. The molecule has 3 aliphatic heterocycles. The molecular weight excluding hydrogens is 1680 g/mol. The number of carboxylic acids is 1. The normalized spacial score (nSPS) is 14.8. The largest absolute Gasteiger partial charge is 0.478 e. The number of benzene rings is 4. The Labute approximate surface area is 717 Å². The second-order valence-corrected chi connectivity index (χ2v) is 29.5. The van der Waals surface area contributed by atoms with Crippen molar-refractivity contribution in [3.63, 3.8) is 0 Å². The van der Waals surface area contributed by atoms with Gasteiger partial charge in [-0.2, -0.15) is 60.6 Å².